The fourth-order valence-electron chi connectivity index (χ4n) is 1.54. The van der Waals surface area contributed by atoms with Crippen LogP contribution in [0.15, 0.2) is 30.3 Å². The molecule has 0 radical (unpaired) electrons. The molecule has 0 fully saturated rings. The van der Waals surface area contributed by atoms with Gasteiger partial charge in [-0.05, 0) is 12.5 Å². The number of hydrogen-bond donors (Lipinski definition) is 1. The Morgan fingerprint density at radius 3 is 2.33 bits per heavy atom. The lowest BCUT2D eigenvalue weighted by Gasteiger charge is -2.21. The van der Waals surface area contributed by atoms with Crippen molar-refractivity contribution in [1.29, 1.82) is 0 Å². The zero-order valence-corrected chi connectivity index (χ0v) is 11.6. The first-order valence-corrected chi connectivity index (χ1v) is 7.17. The third-order valence-corrected chi connectivity index (χ3v) is 4.66. The standard InChI is InChI=1S/C12H18NO4P/c1-10(18(15,16-2)17-3)13-12(14)9-11-7-5-4-6-8-11/h4-8,10H,9H2,1-3H3,(H,13,14)/t10-/m0/s1. The normalized spacial score (nSPS) is 13.1. The van der Waals surface area contributed by atoms with Crippen molar-refractivity contribution in [2.24, 2.45) is 0 Å². The molecule has 0 aliphatic heterocycles. The van der Waals surface area contributed by atoms with Gasteiger partial charge in [0.2, 0.25) is 5.91 Å². The van der Waals surface area contributed by atoms with E-state index in [1.807, 2.05) is 30.3 Å². The summed E-state index contributed by atoms with van der Waals surface area (Å²) in [5.41, 5.74) is 0.895. The highest BCUT2D eigenvalue weighted by Gasteiger charge is 2.31. The van der Waals surface area contributed by atoms with Crippen LogP contribution in [0.4, 0.5) is 0 Å². The molecule has 1 amide bonds. The third kappa shape index (κ3) is 3.95. The van der Waals surface area contributed by atoms with Crippen LogP contribution in [0, 0.1) is 0 Å². The van der Waals surface area contributed by atoms with E-state index in [-0.39, 0.29) is 12.3 Å². The fourth-order valence-corrected chi connectivity index (χ4v) is 2.62. The van der Waals surface area contributed by atoms with Crippen molar-refractivity contribution in [1.82, 2.24) is 5.32 Å². The summed E-state index contributed by atoms with van der Waals surface area (Å²) < 4.78 is 21.6. The maximum Gasteiger partial charge on any atom is 0.351 e. The molecule has 100 valence electrons. The van der Waals surface area contributed by atoms with Gasteiger partial charge in [0.05, 0.1) is 6.42 Å². The van der Waals surface area contributed by atoms with Crippen molar-refractivity contribution in [3.8, 4) is 0 Å². The zero-order valence-electron chi connectivity index (χ0n) is 10.8. The first-order valence-electron chi connectivity index (χ1n) is 5.56. The van der Waals surface area contributed by atoms with Gasteiger partial charge in [-0.1, -0.05) is 30.3 Å². The Bertz CT molecular complexity index is 427. The highest BCUT2D eigenvalue weighted by atomic mass is 31.2. The molecule has 0 saturated carbocycles. The van der Waals surface area contributed by atoms with Gasteiger partial charge in [-0.3, -0.25) is 9.36 Å². The van der Waals surface area contributed by atoms with Crippen molar-refractivity contribution < 1.29 is 18.4 Å². The van der Waals surface area contributed by atoms with Crippen LogP contribution in [0.5, 0.6) is 0 Å². The zero-order chi connectivity index (χ0) is 13.6. The Balaban J connectivity index is 2.58. The van der Waals surface area contributed by atoms with E-state index in [9.17, 15) is 9.36 Å². The molecule has 18 heavy (non-hydrogen) atoms. The first-order chi connectivity index (χ1) is 8.51. The number of amides is 1. The average Bonchev–Trinajstić information content (AvgIpc) is 2.38. The summed E-state index contributed by atoms with van der Waals surface area (Å²) in [6, 6.07) is 9.32. The molecule has 5 nitrogen and oxygen atoms in total. The van der Waals surface area contributed by atoms with Crippen LogP contribution >= 0.6 is 7.60 Å². The smallest absolute Gasteiger partial charge is 0.342 e. The molecule has 0 saturated heterocycles. The van der Waals surface area contributed by atoms with E-state index < -0.39 is 13.4 Å². The molecular formula is C12H18NO4P. The van der Waals surface area contributed by atoms with Gasteiger partial charge in [0, 0.05) is 14.2 Å². The molecule has 1 N–H and O–H groups in total. The van der Waals surface area contributed by atoms with Crippen LogP contribution in [0.2, 0.25) is 0 Å². The van der Waals surface area contributed by atoms with Crippen molar-refractivity contribution in [3.63, 3.8) is 0 Å². The van der Waals surface area contributed by atoms with Gasteiger partial charge >= 0.3 is 7.60 Å². The predicted molar refractivity (Wildman–Crippen MR) is 69.4 cm³/mol. The topological polar surface area (TPSA) is 64.6 Å². The molecule has 0 aliphatic rings. The molecule has 0 heterocycles. The minimum Gasteiger partial charge on any atom is -0.342 e. The van der Waals surface area contributed by atoms with Gasteiger partial charge in [0.1, 0.15) is 5.78 Å². The predicted octanol–water partition coefficient (Wildman–Crippen LogP) is 2.18. The van der Waals surface area contributed by atoms with Crippen LogP contribution in [-0.4, -0.2) is 25.9 Å². The number of carbonyl (C=O) groups is 1. The first kappa shape index (κ1) is 14.9. The van der Waals surface area contributed by atoms with Gasteiger partial charge in [0.15, 0.2) is 0 Å². The van der Waals surface area contributed by atoms with E-state index >= 15 is 0 Å². The van der Waals surface area contributed by atoms with Crippen molar-refractivity contribution in [2.45, 2.75) is 19.1 Å². The molecule has 1 aromatic rings. The van der Waals surface area contributed by atoms with Crippen molar-refractivity contribution >= 4 is 13.5 Å². The molecule has 1 atom stereocenters. The van der Waals surface area contributed by atoms with Crippen molar-refractivity contribution in [2.75, 3.05) is 14.2 Å². The SMILES string of the molecule is COP(=O)(OC)[C@@H](C)NC(=O)Cc1ccccc1. The summed E-state index contributed by atoms with van der Waals surface area (Å²) in [6.07, 6.45) is 0.235. The molecule has 0 spiro atoms. The maximum absolute atomic E-state index is 12.0. The van der Waals surface area contributed by atoms with Gasteiger partial charge in [-0.25, -0.2) is 0 Å². The van der Waals surface area contributed by atoms with E-state index in [0.29, 0.717) is 0 Å². The Morgan fingerprint density at radius 2 is 1.83 bits per heavy atom. The van der Waals surface area contributed by atoms with Crippen molar-refractivity contribution in [3.05, 3.63) is 35.9 Å². The number of hydrogen-bond acceptors (Lipinski definition) is 4. The third-order valence-electron chi connectivity index (χ3n) is 2.56. The van der Waals surface area contributed by atoms with E-state index in [4.69, 9.17) is 9.05 Å². The Labute approximate surface area is 107 Å². The van der Waals surface area contributed by atoms with E-state index in [1.165, 1.54) is 14.2 Å². The Morgan fingerprint density at radius 1 is 1.28 bits per heavy atom. The summed E-state index contributed by atoms with van der Waals surface area (Å²) in [7, 11) is -0.671. The summed E-state index contributed by atoms with van der Waals surface area (Å²) in [6.45, 7) is 1.59. The van der Waals surface area contributed by atoms with Gasteiger partial charge in [-0.15, -0.1) is 0 Å². The number of nitrogens with one attached hydrogen (secondary N) is 1. The molecule has 6 heteroatoms. The number of rotatable bonds is 6. The quantitative estimate of drug-likeness (QED) is 0.805. The highest BCUT2D eigenvalue weighted by Crippen LogP contribution is 2.50. The maximum atomic E-state index is 12.0. The molecule has 0 unspecified atom stereocenters. The lowest BCUT2D eigenvalue weighted by molar-refractivity contribution is -0.120. The van der Waals surface area contributed by atoms with Gasteiger partial charge < -0.3 is 14.4 Å². The minimum atomic E-state index is -3.26. The van der Waals surface area contributed by atoms with Gasteiger partial charge in [0.25, 0.3) is 0 Å². The second-order valence-electron chi connectivity index (χ2n) is 3.81. The van der Waals surface area contributed by atoms with Crippen LogP contribution < -0.4 is 5.32 Å². The number of benzene rings is 1. The fraction of sp³-hybridized carbons (Fsp3) is 0.417. The second kappa shape index (κ2) is 6.69. The van der Waals surface area contributed by atoms with E-state index in [1.54, 1.807) is 6.92 Å². The largest absolute Gasteiger partial charge is 0.351 e. The molecule has 0 aromatic heterocycles. The van der Waals surface area contributed by atoms with Crippen LogP contribution in [0.3, 0.4) is 0 Å². The molecule has 0 bridgehead atoms. The average molecular weight is 271 g/mol. The second-order valence-corrected chi connectivity index (χ2v) is 6.40. The summed E-state index contributed by atoms with van der Waals surface area (Å²) in [5, 5.41) is 2.62. The van der Waals surface area contributed by atoms with E-state index in [2.05, 4.69) is 5.32 Å². The van der Waals surface area contributed by atoms with Crippen LogP contribution in [0.1, 0.15) is 12.5 Å². The molecule has 1 aromatic carbocycles. The molecule has 1 rings (SSSR count). The minimum absolute atomic E-state index is 0.219. The Hall–Kier alpha value is -1.16. The summed E-state index contributed by atoms with van der Waals surface area (Å²) in [4.78, 5) is 11.8. The highest BCUT2D eigenvalue weighted by molar-refractivity contribution is 7.54. The summed E-state index contributed by atoms with van der Waals surface area (Å²) >= 11 is 0. The number of carbonyl (C=O) groups excluding carboxylic acids is 1. The lowest BCUT2D eigenvalue weighted by atomic mass is 10.1. The Kier molecular flexibility index (Phi) is 5.54. The summed E-state index contributed by atoms with van der Waals surface area (Å²) in [5.74, 6) is -0.897. The molecular weight excluding hydrogens is 253 g/mol. The monoisotopic (exact) mass is 271 g/mol. The van der Waals surface area contributed by atoms with Crippen LogP contribution in [0.25, 0.3) is 0 Å². The van der Waals surface area contributed by atoms with Gasteiger partial charge in [-0.2, -0.15) is 0 Å². The lowest BCUT2D eigenvalue weighted by Crippen LogP contribution is -2.34. The van der Waals surface area contributed by atoms with Crippen LogP contribution in [-0.2, 0) is 24.8 Å². The van der Waals surface area contributed by atoms with E-state index in [0.717, 1.165) is 5.56 Å². The molecule has 0 aliphatic carbocycles.